The monoisotopic (exact) mass is 571 g/mol. The Bertz CT molecular complexity index is 1820. The molecule has 4 aromatic rings. The maximum atomic E-state index is 13.5. The molecule has 0 saturated carbocycles. The van der Waals surface area contributed by atoms with Gasteiger partial charge in [-0.3, -0.25) is 13.8 Å². The van der Waals surface area contributed by atoms with Crippen molar-refractivity contribution in [2.24, 2.45) is 0 Å². The summed E-state index contributed by atoms with van der Waals surface area (Å²) in [4.78, 5) is 13.6. The predicted octanol–water partition coefficient (Wildman–Crippen LogP) is 4.26. The molecule has 0 bridgehead atoms. The van der Waals surface area contributed by atoms with Gasteiger partial charge < -0.3 is 5.32 Å². The number of aromatic nitrogens is 2. The van der Waals surface area contributed by atoms with Crippen molar-refractivity contribution in [1.82, 2.24) is 9.78 Å². The van der Waals surface area contributed by atoms with Gasteiger partial charge in [0.2, 0.25) is 10.0 Å². The van der Waals surface area contributed by atoms with Crippen molar-refractivity contribution in [3.63, 3.8) is 0 Å². The molecule has 2 N–H and O–H groups in total. The maximum Gasteiger partial charge on any atom is 0.278 e. The van der Waals surface area contributed by atoms with Gasteiger partial charge in [-0.2, -0.15) is 5.10 Å². The number of hydrogen-bond donors (Lipinski definition) is 2. The van der Waals surface area contributed by atoms with Crippen LogP contribution in [0.4, 0.5) is 17.1 Å². The van der Waals surface area contributed by atoms with Crippen LogP contribution in [0.15, 0.2) is 71.6 Å². The Balaban J connectivity index is 1.65. The molecular formula is C25H22ClN5O5S2. The minimum absolute atomic E-state index is 0.0929. The SMILES string of the molecule is Cc1ccc(-n2nc(C(=O)Nc3ccc(NS(C)(=O)=O)cc3)c3c2-c2ccccc2S(=O)(=O)N3C)cc1Cl. The number of sulfonamides is 2. The first-order chi connectivity index (χ1) is 17.9. The molecule has 0 spiro atoms. The van der Waals surface area contributed by atoms with Crippen molar-refractivity contribution in [2.75, 3.05) is 27.6 Å². The van der Waals surface area contributed by atoms with E-state index in [4.69, 9.17) is 11.6 Å². The van der Waals surface area contributed by atoms with E-state index in [1.54, 1.807) is 30.3 Å². The molecule has 1 amide bonds. The lowest BCUT2D eigenvalue weighted by atomic mass is 10.1. The van der Waals surface area contributed by atoms with Crippen LogP contribution in [-0.2, 0) is 20.0 Å². The van der Waals surface area contributed by atoms with Crippen LogP contribution in [0.25, 0.3) is 16.9 Å². The van der Waals surface area contributed by atoms with E-state index in [1.807, 2.05) is 13.0 Å². The first-order valence-electron chi connectivity index (χ1n) is 11.2. The summed E-state index contributed by atoms with van der Waals surface area (Å²) in [5, 5.41) is 7.77. The third kappa shape index (κ3) is 4.51. The second kappa shape index (κ2) is 9.15. The molecule has 13 heteroatoms. The Morgan fingerprint density at radius 1 is 1.00 bits per heavy atom. The highest BCUT2D eigenvalue weighted by atomic mass is 35.5. The molecule has 38 heavy (non-hydrogen) atoms. The van der Waals surface area contributed by atoms with Crippen molar-refractivity contribution >= 4 is 54.6 Å². The number of nitrogens with one attached hydrogen (secondary N) is 2. The van der Waals surface area contributed by atoms with Gasteiger partial charge in [0.25, 0.3) is 15.9 Å². The van der Waals surface area contributed by atoms with E-state index in [0.29, 0.717) is 33.3 Å². The molecule has 1 aromatic heterocycles. The molecule has 196 valence electrons. The highest BCUT2D eigenvalue weighted by molar-refractivity contribution is 7.93. The standard InChI is InChI=1S/C25H22ClN5O5S2/c1-15-8-13-18(14-20(15)26)31-23-19-6-4-5-7-21(19)38(35,36)30(2)24(23)22(28-31)25(32)27-16-9-11-17(12-10-16)29-37(3,33)34/h4-14,29H,1-3H3,(H,27,32). The number of carbonyl (C=O) groups is 1. The minimum Gasteiger partial charge on any atom is -0.321 e. The lowest BCUT2D eigenvalue weighted by Gasteiger charge is -2.27. The molecular weight excluding hydrogens is 550 g/mol. The topological polar surface area (TPSA) is 130 Å². The van der Waals surface area contributed by atoms with E-state index in [9.17, 15) is 21.6 Å². The zero-order valence-corrected chi connectivity index (χ0v) is 22.8. The van der Waals surface area contributed by atoms with Crippen LogP contribution in [0.2, 0.25) is 5.02 Å². The smallest absolute Gasteiger partial charge is 0.278 e. The van der Waals surface area contributed by atoms with Crippen LogP contribution in [0.3, 0.4) is 0 Å². The van der Waals surface area contributed by atoms with Gasteiger partial charge in [-0.15, -0.1) is 0 Å². The number of hydrogen-bond acceptors (Lipinski definition) is 6. The molecule has 0 atom stereocenters. The highest BCUT2D eigenvalue weighted by Crippen LogP contribution is 2.45. The van der Waals surface area contributed by atoms with Crippen molar-refractivity contribution in [2.45, 2.75) is 11.8 Å². The minimum atomic E-state index is -3.96. The Morgan fingerprint density at radius 2 is 1.66 bits per heavy atom. The number of benzene rings is 3. The second-order valence-corrected chi connectivity index (χ2v) is 12.9. The lowest BCUT2D eigenvalue weighted by Crippen LogP contribution is -2.32. The number of aryl methyl sites for hydroxylation is 1. The van der Waals surface area contributed by atoms with Crippen LogP contribution in [0.1, 0.15) is 16.1 Å². The van der Waals surface area contributed by atoms with Crippen LogP contribution in [0, 0.1) is 6.92 Å². The predicted molar refractivity (Wildman–Crippen MR) is 147 cm³/mol. The van der Waals surface area contributed by atoms with Crippen molar-refractivity contribution in [3.05, 3.63) is 83.0 Å². The average molecular weight is 572 g/mol. The fraction of sp³-hybridized carbons (Fsp3) is 0.120. The quantitative estimate of drug-likeness (QED) is 0.368. The lowest BCUT2D eigenvalue weighted by molar-refractivity contribution is 0.102. The van der Waals surface area contributed by atoms with Crippen molar-refractivity contribution < 1.29 is 21.6 Å². The fourth-order valence-corrected chi connectivity index (χ4v) is 6.32. The zero-order chi connectivity index (χ0) is 27.4. The first-order valence-corrected chi connectivity index (χ1v) is 14.9. The van der Waals surface area contributed by atoms with Crippen LogP contribution >= 0.6 is 11.6 Å². The van der Waals surface area contributed by atoms with Gasteiger partial charge in [0.15, 0.2) is 5.69 Å². The molecule has 1 aliphatic rings. The summed E-state index contributed by atoms with van der Waals surface area (Å²) < 4.78 is 54.6. The van der Waals surface area contributed by atoms with E-state index in [1.165, 1.54) is 42.1 Å². The zero-order valence-electron chi connectivity index (χ0n) is 20.4. The molecule has 1 aliphatic heterocycles. The molecule has 0 unspecified atom stereocenters. The summed E-state index contributed by atoms with van der Waals surface area (Å²) in [6, 6.07) is 17.8. The molecule has 0 fully saturated rings. The molecule has 0 aliphatic carbocycles. The largest absolute Gasteiger partial charge is 0.321 e. The van der Waals surface area contributed by atoms with E-state index >= 15 is 0 Å². The Hall–Kier alpha value is -3.87. The summed E-state index contributed by atoms with van der Waals surface area (Å²) in [5.41, 5.74) is 2.92. The van der Waals surface area contributed by atoms with Gasteiger partial charge in [0.1, 0.15) is 11.4 Å². The number of amides is 1. The fourth-order valence-electron chi connectivity index (χ4n) is 4.18. The van der Waals surface area contributed by atoms with E-state index in [-0.39, 0.29) is 16.3 Å². The van der Waals surface area contributed by atoms with Gasteiger partial charge in [-0.1, -0.05) is 35.9 Å². The van der Waals surface area contributed by atoms with Crippen molar-refractivity contribution in [1.29, 1.82) is 0 Å². The summed E-state index contributed by atoms with van der Waals surface area (Å²) in [7, 11) is -6.04. The molecule has 3 aromatic carbocycles. The Kier molecular flexibility index (Phi) is 6.21. The molecule has 5 rings (SSSR count). The van der Waals surface area contributed by atoms with E-state index < -0.39 is 26.0 Å². The third-order valence-corrected chi connectivity index (χ3v) is 8.85. The molecule has 0 saturated heterocycles. The second-order valence-electron chi connectivity index (χ2n) is 8.77. The summed E-state index contributed by atoms with van der Waals surface area (Å²) in [6.45, 7) is 1.86. The van der Waals surface area contributed by atoms with Crippen LogP contribution in [0.5, 0.6) is 0 Å². The number of halogens is 1. The number of nitrogens with zero attached hydrogens (tertiary/aromatic N) is 3. The normalized spacial score (nSPS) is 13.9. The van der Waals surface area contributed by atoms with Crippen molar-refractivity contribution in [3.8, 4) is 16.9 Å². The third-order valence-electron chi connectivity index (χ3n) is 6.02. The van der Waals surface area contributed by atoms with Gasteiger partial charge >= 0.3 is 0 Å². The average Bonchev–Trinajstić information content (AvgIpc) is 3.26. The van der Waals surface area contributed by atoms with Crippen LogP contribution in [-0.4, -0.2) is 45.8 Å². The summed E-state index contributed by atoms with van der Waals surface area (Å²) >= 11 is 6.38. The first kappa shape index (κ1) is 25.8. The van der Waals surface area contributed by atoms with Gasteiger partial charge in [0, 0.05) is 29.0 Å². The van der Waals surface area contributed by atoms with Gasteiger partial charge in [-0.05, 0) is 55.0 Å². The number of anilines is 3. The number of rotatable bonds is 5. The molecule has 0 radical (unpaired) electrons. The highest BCUT2D eigenvalue weighted by Gasteiger charge is 2.39. The maximum absolute atomic E-state index is 13.5. The summed E-state index contributed by atoms with van der Waals surface area (Å²) in [6.07, 6.45) is 1.03. The number of carbonyl (C=O) groups excluding carboxylic acids is 1. The Morgan fingerprint density at radius 3 is 2.32 bits per heavy atom. The molecule has 2 heterocycles. The van der Waals surface area contributed by atoms with Gasteiger partial charge in [0.05, 0.1) is 16.8 Å². The van der Waals surface area contributed by atoms with Crippen LogP contribution < -0.4 is 14.3 Å². The van der Waals surface area contributed by atoms with Gasteiger partial charge in [-0.25, -0.2) is 21.5 Å². The Labute approximate surface area is 225 Å². The molecule has 10 nitrogen and oxygen atoms in total. The van der Waals surface area contributed by atoms with E-state index in [2.05, 4.69) is 15.1 Å². The summed E-state index contributed by atoms with van der Waals surface area (Å²) in [5.74, 6) is -0.650. The van der Waals surface area contributed by atoms with E-state index in [0.717, 1.165) is 16.1 Å². The number of fused-ring (bicyclic) bond motifs is 3.